The Morgan fingerprint density at radius 1 is 1.06 bits per heavy atom. The van der Waals surface area contributed by atoms with Crippen LogP contribution in [0.15, 0.2) is 42.5 Å². The standard InChI is InChI=1S/C25H27ClN2O4/c1-15(13-22(29)32-25(2,3)4)5-11-20-23(16-6-9-18(26)10-7-16)28-19-12-8-17(24(30)31)14-21(19)27-20/h6-10,12,14-15H,5,11,13H2,1-4H3,(H,30,31). The molecule has 3 rings (SSSR count). The molecule has 0 saturated heterocycles. The largest absolute Gasteiger partial charge is 0.478 e. The number of ether oxygens (including phenoxy) is 1. The first-order valence-corrected chi connectivity index (χ1v) is 10.9. The van der Waals surface area contributed by atoms with Gasteiger partial charge in [0.15, 0.2) is 0 Å². The first kappa shape index (κ1) is 23.7. The minimum atomic E-state index is -1.01. The van der Waals surface area contributed by atoms with E-state index in [2.05, 4.69) is 0 Å². The van der Waals surface area contributed by atoms with Gasteiger partial charge in [-0.05, 0) is 69.9 Å². The van der Waals surface area contributed by atoms with Crippen molar-refractivity contribution < 1.29 is 19.4 Å². The summed E-state index contributed by atoms with van der Waals surface area (Å²) in [5.41, 5.74) is 3.14. The van der Waals surface area contributed by atoms with E-state index in [0.717, 1.165) is 17.0 Å². The number of carboxylic acids is 1. The van der Waals surface area contributed by atoms with Gasteiger partial charge in [0.25, 0.3) is 0 Å². The third-order valence-electron chi connectivity index (χ3n) is 4.91. The number of carbonyl (C=O) groups is 2. The lowest BCUT2D eigenvalue weighted by atomic mass is 9.98. The van der Waals surface area contributed by atoms with Crippen molar-refractivity contribution in [1.29, 1.82) is 0 Å². The molecule has 1 unspecified atom stereocenters. The van der Waals surface area contributed by atoms with Gasteiger partial charge in [-0.15, -0.1) is 0 Å². The van der Waals surface area contributed by atoms with Gasteiger partial charge in [-0.1, -0.05) is 30.7 Å². The van der Waals surface area contributed by atoms with Crippen LogP contribution < -0.4 is 0 Å². The number of carbonyl (C=O) groups excluding carboxylic acids is 1. The van der Waals surface area contributed by atoms with Crippen molar-refractivity contribution in [2.24, 2.45) is 5.92 Å². The molecule has 2 aromatic carbocycles. The number of rotatable bonds is 7. The first-order chi connectivity index (χ1) is 15.0. The van der Waals surface area contributed by atoms with Crippen LogP contribution in [0, 0.1) is 5.92 Å². The van der Waals surface area contributed by atoms with Crippen LogP contribution in [0.5, 0.6) is 0 Å². The zero-order chi connectivity index (χ0) is 23.5. The summed E-state index contributed by atoms with van der Waals surface area (Å²) in [6, 6.07) is 12.1. The third kappa shape index (κ3) is 6.26. The maximum atomic E-state index is 12.2. The topological polar surface area (TPSA) is 89.4 Å². The molecule has 1 aromatic heterocycles. The molecule has 0 aliphatic carbocycles. The lowest BCUT2D eigenvalue weighted by Gasteiger charge is -2.21. The van der Waals surface area contributed by atoms with Crippen LogP contribution >= 0.6 is 11.6 Å². The maximum Gasteiger partial charge on any atom is 0.335 e. The smallest absolute Gasteiger partial charge is 0.335 e. The fourth-order valence-electron chi connectivity index (χ4n) is 3.39. The predicted octanol–water partition coefficient (Wildman–Crippen LogP) is 5.95. The summed E-state index contributed by atoms with van der Waals surface area (Å²) < 4.78 is 5.42. The van der Waals surface area contributed by atoms with Gasteiger partial charge in [0, 0.05) is 17.0 Å². The Morgan fingerprint density at radius 2 is 1.75 bits per heavy atom. The Balaban J connectivity index is 1.90. The number of hydrogen-bond donors (Lipinski definition) is 1. The van der Waals surface area contributed by atoms with Crippen molar-refractivity contribution in [1.82, 2.24) is 9.97 Å². The Morgan fingerprint density at radius 3 is 2.38 bits per heavy atom. The number of hydrogen-bond acceptors (Lipinski definition) is 5. The average Bonchev–Trinajstić information content (AvgIpc) is 2.70. The molecular weight excluding hydrogens is 428 g/mol. The summed E-state index contributed by atoms with van der Waals surface area (Å²) in [7, 11) is 0. The molecular formula is C25H27ClN2O4. The maximum absolute atomic E-state index is 12.2. The van der Waals surface area contributed by atoms with Gasteiger partial charge in [0.1, 0.15) is 5.60 Å². The van der Waals surface area contributed by atoms with Gasteiger partial charge >= 0.3 is 11.9 Å². The number of carboxylic acid groups (broad SMARTS) is 1. The van der Waals surface area contributed by atoms with E-state index < -0.39 is 11.6 Å². The molecule has 0 aliphatic heterocycles. The molecule has 7 heteroatoms. The molecule has 3 aromatic rings. The van der Waals surface area contributed by atoms with Crippen molar-refractivity contribution in [2.45, 2.75) is 52.6 Å². The number of aromatic carboxylic acids is 1. The molecule has 0 aliphatic rings. The van der Waals surface area contributed by atoms with E-state index in [1.54, 1.807) is 18.2 Å². The van der Waals surface area contributed by atoms with Gasteiger partial charge < -0.3 is 9.84 Å². The predicted molar refractivity (Wildman–Crippen MR) is 125 cm³/mol. The van der Waals surface area contributed by atoms with E-state index in [-0.39, 0.29) is 17.5 Å². The van der Waals surface area contributed by atoms with Crippen molar-refractivity contribution in [3.63, 3.8) is 0 Å². The van der Waals surface area contributed by atoms with E-state index in [1.807, 2.05) is 39.8 Å². The second kappa shape index (κ2) is 9.65. The summed E-state index contributed by atoms with van der Waals surface area (Å²) in [4.78, 5) is 33.0. The number of aromatic nitrogens is 2. The lowest BCUT2D eigenvalue weighted by molar-refractivity contribution is -0.155. The highest BCUT2D eigenvalue weighted by Crippen LogP contribution is 2.27. The van der Waals surface area contributed by atoms with Crippen molar-refractivity contribution in [3.8, 4) is 11.3 Å². The van der Waals surface area contributed by atoms with E-state index in [0.29, 0.717) is 35.3 Å². The molecule has 0 radical (unpaired) electrons. The van der Waals surface area contributed by atoms with E-state index in [9.17, 15) is 14.7 Å². The highest BCUT2D eigenvalue weighted by atomic mass is 35.5. The fraction of sp³-hybridized carbons (Fsp3) is 0.360. The molecule has 1 atom stereocenters. The van der Waals surface area contributed by atoms with Crippen molar-refractivity contribution in [3.05, 3.63) is 58.7 Å². The number of benzene rings is 2. The molecule has 0 fully saturated rings. The SMILES string of the molecule is CC(CCc1nc2cc(C(=O)O)ccc2nc1-c1ccc(Cl)cc1)CC(=O)OC(C)(C)C. The summed E-state index contributed by atoms with van der Waals surface area (Å²) in [5.74, 6) is -1.15. The average molecular weight is 455 g/mol. The summed E-state index contributed by atoms with van der Waals surface area (Å²) in [5, 5.41) is 9.93. The quantitative estimate of drug-likeness (QED) is 0.444. The summed E-state index contributed by atoms with van der Waals surface area (Å²) >= 11 is 6.04. The number of aryl methyl sites for hydroxylation is 1. The Bertz CT molecular complexity index is 1140. The third-order valence-corrected chi connectivity index (χ3v) is 5.16. The van der Waals surface area contributed by atoms with Gasteiger partial charge in [-0.3, -0.25) is 4.79 Å². The van der Waals surface area contributed by atoms with Crippen LogP contribution in [0.2, 0.25) is 5.02 Å². The van der Waals surface area contributed by atoms with Gasteiger partial charge in [-0.25, -0.2) is 14.8 Å². The van der Waals surface area contributed by atoms with Crippen molar-refractivity contribution in [2.75, 3.05) is 0 Å². The van der Waals surface area contributed by atoms with Crippen LogP contribution in [-0.2, 0) is 16.0 Å². The van der Waals surface area contributed by atoms with Crippen LogP contribution in [0.1, 0.15) is 56.6 Å². The molecule has 0 bridgehead atoms. The van der Waals surface area contributed by atoms with E-state index in [4.69, 9.17) is 26.3 Å². The van der Waals surface area contributed by atoms with Crippen LogP contribution in [0.4, 0.5) is 0 Å². The fourth-order valence-corrected chi connectivity index (χ4v) is 3.52. The highest BCUT2D eigenvalue weighted by molar-refractivity contribution is 6.30. The number of halogens is 1. The zero-order valence-electron chi connectivity index (χ0n) is 18.7. The minimum absolute atomic E-state index is 0.0887. The first-order valence-electron chi connectivity index (χ1n) is 10.5. The Kier molecular flexibility index (Phi) is 7.14. The van der Waals surface area contributed by atoms with Crippen LogP contribution in [-0.4, -0.2) is 32.6 Å². The summed E-state index contributed by atoms with van der Waals surface area (Å²) in [6.07, 6.45) is 1.61. The molecule has 1 heterocycles. The molecule has 168 valence electrons. The molecule has 0 saturated carbocycles. The normalized spacial score (nSPS) is 12.5. The second-order valence-electron chi connectivity index (χ2n) is 8.97. The highest BCUT2D eigenvalue weighted by Gasteiger charge is 2.20. The molecule has 1 N–H and O–H groups in total. The molecule has 6 nitrogen and oxygen atoms in total. The van der Waals surface area contributed by atoms with E-state index >= 15 is 0 Å². The molecule has 0 spiro atoms. The second-order valence-corrected chi connectivity index (χ2v) is 9.41. The number of fused-ring (bicyclic) bond motifs is 1. The minimum Gasteiger partial charge on any atom is -0.478 e. The van der Waals surface area contributed by atoms with Gasteiger partial charge in [0.05, 0.1) is 28.0 Å². The van der Waals surface area contributed by atoms with E-state index in [1.165, 1.54) is 12.1 Å². The van der Waals surface area contributed by atoms with Crippen LogP contribution in [0.25, 0.3) is 22.3 Å². The zero-order valence-corrected chi connectivity index (χ0v) is 19.4. The van der Waals surface area contributed by atoms with Gasteiger partial charge in [0.2, 0.25) is 0 Å². The molecule has 0 amide bonds. The number of esters is 1. The van der Waals surface area contributed by atoms with Crippen molar-refractivity contribution >= 4 is 34.6 Å². The lowest BCUT2D eigenvalue weighted by Crippen LogP contribution is -2.25. The summed E-state index contributed by atoms with van der Waals surface area (Å²) in [6.45, 7) is 7.56. The Labute approximate surface area is 192 Å². The van der Waals surface area contributed by atoms with Crippen LogP contribution in [0.3, 0.4) is 0 Å². The number of nitrogens with zero attached hydrogens (tertiary/aromatic N) is 2. The Hall–Kier alpha value is -2.99. The van der Waals surface area contributed by atoms with Gasteiger partial charge in [-0.2, -0.15) is 0 Å². The monoisotopic (exact) mass is 454 g/mol. The molecule has 32 heavy (non-hydrogen) atoms.